The van der Waals surface area contributed by atoms with Crippen molar-refractivity contribution in [2.24, 2.45) is 5.92 Å². The number of benzene rings is 1. The molecule has 90 valence electrons. The molecule has 0 aliphatic heterocycles. The molecule has 0 saturated heterocycles. The van der Waals surface area contributed by atoms with Crippen molar-refractivity contribution in [3.63, 3.8) is 0 Å². The molecule has 0 fully saturated rings. The molecule has 0 aliphatic rings. The zero-order valence-corrected chi connectivity index (χ0v) is 10.8. The van der Waals surface area contributed by atoms with Gasteiger partial charge in [0.1, 0.15) is 0 Å². The lowest BCUT2D eigenvalue weighted by molar-refractivity contribution is 0.468. The highest BCUT2D eigenvalue weighted by Crippen LogP contribution is 2.29. The molecule has 2 aromatic rings. The van der Waals surface area contributed by atoms with E-state index in [-0.39, 0.29) is 0 Å². The van der Waals surface area contributed by atoms with Gasteiger partial charge in [0.05, 0.1) is 5.52 Å². The Balaban J connectivity index is 2.41. The van der Waals surface area contributed by atoms with Crippen LogP contribution in [0.3, 0.4) is 0 Å². The van der Waals surface area contributed by atoms with Crippen LogP contribution in [0.2, 0.25) is 0 Å². The van der Waals surface area contributed by atoms with Crippen LogP contribution in [0.15, 0.2) is 36.5 Å². The Morgan fingerprint density at radius 3 is 2.76 bits per heavy atom. The van der Waals surface area contributed by atoms with Gasteiger partial charge in [-0.15, -0.1) is 0 Å². The van der Waals surface area contributed by atoms with E-state index in [1.807, 2.05) is 19.3 Å². The number of pyridine rings is 1. The Hall–Kier alpha value is -1.41. The molecule has 1 N–H and O–H groups in total. The fraction of sp³-hybridized carbons (Fsp3) is 0.400. The number of hydrogen-bond acceptors (Lipinski definition) is 2. The summed E-state index contributed by atoms with van der Waals surface area (Å²) in [6.07, 6.45) is 1.85. The van der Waals surface area contributed by atoms with E-state index in [0.29, 0.717) is 11.8 Å². The van der Waals surface area contributed by atoms with E-state index >= 15 is 0 Å². The molecule has 0 bridgehead atoms. The second-order valence-electron chi connectivity index (χ2n) is 4.74. The van der Waals surface area contributed by atoms with Crippen molar-refractivity contribution in [1.29, 1.82) is 0 Å². The number of rotatable bonds is 4. The summed E-state index contributed by atoms with van der Waals surface area (Å²) in [5.74, 6) is 1.15. The Morgan fingerprint density at radius 2 is 2.00 bits per heavy atom. The van der Waals surface area contributed by atoms with Gasteiger partial charge < -0.3 is 5.32 Å². The first-order chi connectivity index (χ1) is 8.24. The summed E-state index contributed by atoms with van der Waals surface area (Å²) in [5, 5.41) is 4.53. The summed E-state index contributed by atoms with van der Waals surface area (Å²) < 4.78 is 0. The maximum atomic E-state index is 4.41. The third kappa shape index (κ3) is 2.47. The van der Waals surface area contributed by atoms with E-state index in [4.69, 9.17) is 0 Å². The monoisotopic (exact) mass is 228 g/mol. The predicted octanol–water partition coefficient (Wildman–Crippen LogP) is 3.19. The molecule has 1 aromatic heterocycles. The van der Waals surface area contributed by atoms with Crippen molar-refractivity contribution in [3.8, 4) is 0 Å². The summed E-state index contributed by atoms with van der Waals surface area (Å²) in [5.41, 5.74) is 2.49. The van der Waals surface area contributed by atoms with Crippen LogP contribution >= 0.6 is 0 Å². The highest BCUT2D eigenvalue weighted by Gasteiger charge is 2.15. The first-order valence-electron chi connectivity index (χ1n) is 6.22. The van der Waals surface area contributed by atoms with E-state index < -0.39 is 0 Å². The van der Waals surface area contributed by atoms with Crippen LogP contribution in [0.1, 0.15) is 25.3 Å². The summed E-state index contributed by atoms with van der Waals surface area (Å²) in [7, 11) is 2.01. The second-order valence-corrected chi connectivity index (χ2v) is 4.74. The van der Waals surface area contributed by atoms with E-state index in [1.165, 1.54) is 10.9 Å². The van der Waals surface area contributed by atoms with Crippen LogP contribution in [-0.4, -0.2) is 18.6 Å². The van der Waals surface area contributed by atoms with Crippen LogP contribution in [-0.2, 0) is 0 Å². The molecule has 2 atom stereocenters. The minimum absolute atomic E-state index is 0.537. The average molecular weight is 228 g/mol. The highest BCUT2D eigenvalue weighted by atomic mass is 14.8. The van der Waals surface area contributed by atoms with Crippen LogP contribution < -0.4 is 5.32 Å². The highest BCUT2D eigenvalue weighted by molar-refractivity contribution is 5.82. The fourth-order valence-corrected chi connectivity index (χ4v) is 2.33. The Morgan fingerprint density at radius 1 is 1.18 bits per heavy atom. The van der Waals surface area contributed by atoms with Crippen molar-refractivity contribution in [3.05, 3.63) is 42.1 Å². The second kappa shape index (κ2) is 5.28. The smallest absolute Gasteiger partial charge is 0.0704 e. The van der Waals surface area contributed by atoms with Gasteiger partial charge in [0.2, 0.25) is 0 Å². The standard InChI is InChI=1S/C15H20N2/c1-11(10-16-3)12(2)13-6-4-8-15-14(13)7-5-9-17-15/h4-9,11-12,16H,10H2,1-3H3. The van der Waals surface area contributed by atoms with Gasteiger partial charge in [0.15, 0.2) is 0 Å². The van der Waals surface area contributed by atoms with E-state index in [2.05, 4.69) is 48.4 Å². The maximum Gasteiger partial charge on any atom is 0.0704 e. The summed E-state index contributed by atoms with van der Waals surface area (Å²) >= 11 is 0. The van der Waals surface area contributed by atoms with Crippen LogP contribution in [0.4, 0.5) is 0 Å². The summed E-state index contributed by atoms with van der Waals surface area (Å²) in [6, 6.07) is 10.6. The number of hydrogen-bond donors (Lipinski definition) is 1. The SMILES string of the molecule is CNCC(C)C(C)c1cccc2ncccc12. The van der Waals surface area contributed by atoms with Gasteiger partial charge in [-0.3, -0.25) is 4.98 Å². The predicted molar refractivity (Wildman–Crippen MR) is 73.2 cm³/mol. The molecule has 0 saturated carbocycles. The molecule has 2 unspecified atom stereocenters. The number of nitrogens with one attached hydrogen (secondary N) is 1. The van der Waals surface area contributed by atoms with Gasteiger partial charge in [-0.05, 0) is 43.1 Å². The zero-order chi connectivity index (χ0) is 12.3. The van der Waals surface area contributed by atoms with Crippen LogP contribution in [0.25, 0.3) is 10.9 Å². The lowest BCUT2D eigenvalue weighted by Crippen LogP contribution is -2.20. The molecule has 0 amide bonds. The van der Waals surface area contributed by atoms with Gasteiger partial charge in [0, 0.05) is 11.6 Å². The number of fused-ring (bicyclic) bond motifs is 1. The molecule has 0 radical (unpaired) electrons. The molecule has 2 heteroatoms. The van der Waals surface area contributed by atoms with E-state index in [1.54, 1.807) is 0 Å². The van der Waals surface area contributed by atoms with E-state index in [0.717, 1.165) is 12.1 Å². The molecule has 0 aliphatic carbocycles. The minimum atomic E-state index is 0.537. The Kier molecular flexibility index (Phi) is 3.75. The van der Waals surface area contributed by atoms with Crippen molar-refractivity contribution in [1.82, 2.24) is 10.3 Å². The molecule has 1 heterocycles. The average Bonchev–Trinajstić information content (AvgIpc) is 2.37. The van der Waals surface area contributed by atoms with Crippen LogP contribution in [0.5, 0.6) is 0 Å². The zero-order valence-electron chi connectivity index (χ0n) is 10.8. The Bertz CT molecular complexity index is 488. The Labute approximate surface area is 103 Å². The lowest BCUT2D eigenvalue weighted by Gasteiger charge is -2.21. The van der Waals surface area contributed by atoms with Gasteiger partial charge in [-0.2, -0.15) is 0 Å². The first kappa shape index (κ1) is 12.1. The molecular weight excluding hydrogens is 208 g/mol. The molecule has 17 heavy (non-hydrogen) atoms. The van der Waals surface area contributed by atoms with Crippen molar-refractivity contribution >= 4 is 10.9 Å². The third-order valence-corrected chi connectivity index (χ3v) is 3.55. The fourth-order valence-electron chi connectivity index (χ4n) is 2.33. The lowest BCUT2D eigenvalue weighted by atomic mass is 9.86. The van der Waals surface area contributed by atoms with Crippen molar-refractivity contribution < 1.29 is 0 Å². The number of nitrogens with zero attached hydrogens (tertiary/aromatic N) is 1. The summed E-state index contributed by atoms with van der Waals surface area (Å²) in [4.78, 5) is 4.41. The molecule has 2 rings (SSSR count). The third-order valence-electron chi connectivity index (χ3n) is 3.55. The normalized spacial score (nSPS) is 14.8. The van der Waals surface area contributed by atoms with Crippen molar-refractivity contribution in [2.45, 2.75) is 19.8 Å². The van der Waals surface area contributed by atoms with Gasteiger partial charge in [0.25, 0.3) is 0 Å². The quantitative estimate of drug-likeness (QED) is 0.869. The van der Waals surface area contributed by atoms with Gasteiger partial charge in [-0.1, -0.05) is 32.0 Å². The molecule has 2 nitrogen and oxygen atoms in total. The molecule has 0 spiro atoms. The van der Waals surface area contributed by atoms with Crippen LogP contribution in [0, 0.1) is 5.92 Å². The largest absolute Gasteiger partial charge is 0.319 e. The minimum Gasteiger partial charge on any atom is -0.319 e. The van der Waals surface area contributed by atoms with Gasteiger partial charge in [-0.25, -0.2) is 0 Å². The first-order valence-corrected chi connectivity index (χ1v) is 6.22. The summed E-state index contributed by atoms with van der Waals surface area (Å²) in [6.45, 7) is 5.62. The van der Waals surface area contributed by atoms with E-state index in [9.17, 15) is 0 Å². The topological polar surface area (TPSA) is 24.9 Å². The molecule has 1 aromatic carbocycles. The number of aromatic nitrogens is 1. The molecular formula is C15H20N2. The maximum absolute atomic E-state index is 4.41. The van der Waals surface area contributed by atoms with Gasteiger partial charge >= 0.3 is 0 Å². The van der Waals surface area contributed by atoms with Crippen molar-refractivity contribution in [2.75, 3.05) is 13.6 Å².